The number of rotatable bonds is 10. The highest BCUT2D eigenvalue weighted by molar-refractivity contribution is 5.97. The van der Waals surface area contributed by atoms with Crippen molar-refractivity contribution in [3.63, 3.8) is 0 Å². The molecule has 0 radical (unpaired) electrons. The Morgan fingerprint density at radius 3 is 2.48 bits per heavy atom. The molecule has 33 heavy (non-hydrogen) atoms. The lowest BCUT2D eigenvalue weighted by molar-refractivity contribution is -0.121. The number of ether oxygens (including phenoxy) is 2. The number of benzene rings is 2. The summed E-state index contributed by atoms with van der Waals surface area (Å²) in [5, 5.41) is 3.88. The minimum absolute atomic E-state index is 0.0148. The third kappa shape index (κ3) is 6.42. The molecule has 0 fully saturated rings. The summed E-state index contributed by atoms with van der Waals surface area (Å²) in [7, 11) is 0. The van der Waals surface area contributed by atoms with Crippen LogP contribution in [0.15, 0.2) is 59.1 Å². The minimum Gasteiger partial charge on any atom is -0.489 e. The number of amides is 2. The Morgan fingerprint density at radius 1 is 1.06 bits per heavy atom. The Labute approximate surface area is 191 Å². The summed E-state index contributed by atoms with van der Waals surface area (Å²) in [6.07, 6.45) is -0.0148. The molecule has 0 bridgehead atoms. The van der Waals surface area contributed by atoms with E-state index in [1.54, 1.807) is 55.5 Å². The average Bonchev–Trinajstić information content (AvgIpc) is 3.14. The molecule has 0 atom stereocenters. The maximum Gasteiger partial charge on any atom is 0.338 e. The van der Waals surface area contributed by atoms with E-state index in [-0.39, 0.29) is 25.1 Å². The first kappa shape index (κ1) is 23.5. The number of carbonyl (C=O) groups is 3. The summed E-state index contributed by atoms with van der Waals surface area (Å²) in [4.78, 5) is 37.8. The first-order valence-corrected chi connectivity index (χ1v) is 10.3. The van der Waals surface area contributed by atoms with E-state index >= 15 is 0 Å². The quantitative estimate of drug-likeness (QED) is 0.470. The first-order chi connectivity index (χ1) is 15.8. The second kappa shape index (κ2) is 10.9. The minimum atomic E-state index is -0.672. The Bertz CT molecular complexity index is 1110. The number of aryl methyl sites for hydroxylation is 2. The van der Waals surface area contributed by atoms with E-state index in [2.05, 4.69) is 5.16 Å². The maximum absolute atomic E-state index is 12.7. The van der Waals surface area contributed by atoms with Gasteiger partial charge in [0.15, 0.2) is 6.61 Å². The zero-order valence-electron chi connectivity index (χ0n) is 18.4. The number of primary amides is 1. The third-order valence-electron chi connectivity index (χ3n) is 4.91. The van der Waals surface area contributed by atoms with Crippen LogP contribution in [-0.4, -0.2) is 36.1 Å². The fourth-order valence-electron chi connectivity index (χ4n) is 3.09. The molecular formula is C24H25N3O6. The van der Waals surface area contributed by atoms with Crippen molar-refractivity contribution in [2.75, 3.05) is 18.1 Å². The van der Waals surface area contributed by atoms with Gasteiger partial charge >= 0.3 is 5.97 Å². The van der Waals surface area contributed by atoms with Gasteiger partial charge in [0.2, 0.25) is 5.91 Å². The Kier molecular flexibility index (Phi) is 7.80. The molecule has 0 saturated carbocycles. The smallest absolute Gasteiger partial charge is 0.338 e. The van der Waals surface area contributed by atoms with Crippen LogP contribution in [0.25, 0.3) is 0 Å². The van der Waals surface area contributed by atoms with E-state index in [0.29, 0.717) is 17.2 Å². The molecule has 0 aliphatic carbocycles. The number of anilines is 1. The van der Waals surface area contributed by atoms with Crippen molar-refractivity contribution in [2.24, 2.45) is 5.73 Å². The van der Waals surface area contributed by atoms with Crippen LogP contribution in [0, 0.1) is 13.8 Å². The van der Waals surface area contributed by atoms with Gasteiger partial charge in [-0.3, -0.25) is 9.59 Å². The van der Waals surface area contributed by atoms with Crippen molar-refractivity contribution < 1.29 is 28.4 Å². The topological polar surface area (TPSA) is 125 Å². The molecule has 1 aromatic heterocycles. The molecular weight excluding hydrogens is 426 g/mol. The fourth-order valence-corrected chi connectivity index (χ4v) is 3.09. The van der Waals surface area contributed by atoms with Gasteiger partial charge in [0, 0.05) is 18.7 Å². The van der Waals surface area contributed by atoms with Gasteiger partial charge in [-0.1, -0.05) is 29.4 Å². The molecule has 0 spiro atoms. The number of aromatic nitrogens is 1. The van der Waals surface area contributed by atoms with Crippen molar-refractivity contribution in [1.82, 2.24) is 5.16 Å². The lowest BCUT2D eigenvalue weighted by Gasteiger charge is -2.22. The summed E-state index contributed by atoms with van der Waals surface area (Å²) in [6.45, 7) is 3.45. The predicted molar refractivity (Wildman–Crippen MR) is 120 cm³/mol. The van der Waals surface area contributed by atoms with E-state index < -0.39 is 24.4 Å². The number of nitrogens with two attached hydrogens (primary N) is 1. The van der Waals surface area contributed by atoms with E-state index in [4.69, 9.17) is 19.7 Å². The van der Waals surface area contributed by atoms with Crippen molar-refractivity contribution >= 4 is 23.5 Å². The molecule has 3 aromatic rings. The van der Waals surface area contributed by atoms with Gasteiger partial charge < -0.3 is 24.6 Å². The number of para-hydroxylation sites is 1. The summed E-state index contributed by atoms with van der Waals surface area (Å²) < 4.78 is 16.1. The molecule has 0 aliphatic heterocycles. The SMILES string of the molecule is Cc1noc(C)c1COc1cccc(C(=O)OCC(=O)N(CCC(N)=O)c2ccccc2)c1. The fraction of sp³-hybridized carbons (Fsp3) is 0.250. The number of hydrogen-bond acceptors (Lipinski definition) is 7. The summed E-state index contributed by atoms with van der Waals surface area (Å²) >= 11 is 0. The summed E-state index contributed by atoms with van der Waals surface area (Å²) in [5.74, 6) is -0.547. The maximum atomic E-state index is 12.7. The molecule has 9 heteroatoms. The van der Waals surface area contributed by atoms with Gasteiger partial charge in [-0.25, -0.2) is 4.79 Å². The van der Waals surface area contributed by atoms with Gasteiger partial charge in [-0.15, -0.1) is 0 Å². The summed E-state index contributed by atoms with van der Waals surface area (Å²) in [5.41, 5.74) is 7.61. The van der Waals surface area contributed by atoms with Crippen LogP contribution < -0.4 is 15.4 Å². The van der Waals surface area contributed by atoms with E-state index in [1.165, 1.54) is 11.0 Å². The Morgan fingerprint density at radius 2 is 1.82 bits per heavy atom. The monoisotopic (exact) mass is 451 g/mol. The largest absolute Gasteiger partial charge is 0.489 e. The molecule has 0 aliphatic rings. The molecule has 0 unspecified atom stereocenters. The Balaban J connectivity index is 1.61. The van der Waals surface area contributed by atoms with Crippen LogP contribution in [0.4, 0.5) is 5.69 Å². The molecule has 3 rings (SSSR count). The van der Waals surface area contributed by atoms with Gasteiger partial charge in [0.1, 0.15) is 18.1 Å². The van der Waals surface area contributed by atoms with Crippen LogP contribution in [0.2, 0.25) is 0 Å². The first-order valence-electron chi connectivity index (χ1n) is 10.3. The van der Waals surface area contributed by atoms with Crippen LogP contribution in [0.3, 0.4) is 0 Å². The molecule has 172 valence electrons. The van der Waals surface area contributed by atoms with Crippen molar-refractivity contribution in [3.8, 4) is 5.75 Å². The predicted octanol–water partition coefficient (Wildman–Crippen LogP) is 2.94. The van der Waals surface area contributed by atoms with Crippen molar-refractivity contribution in [3.05, 3.63) is 77.2 Å². The number of nitrogens with zero attached hydrogens (tertiary/aromatic N) is 2. The van der Waals surface area contributed by atoms with Crippen LogP contribution >= 0.6 is 0 Å². The second-order valence-electron chi connectivity index (χ2n) is 7.29. The van der Waals surface area contributed by atoms with E-state index in [1.807, 2.05) is 6.92 Å². The van der Waals surface area contributed by atoms with Gasteiger partial charge in [0.25, 0.3) is 5.91 Å². The van der Waals surface area contributed by atoms with Gasteiger partial charge in [-0.2, -0.15) is 0 Å². The zero-order valence-corrected chi connectivity index (χ0v) is 18.4. The number of carbonyl (C=O) groups excluding carboxylic acids is 3. The third-order valence-corrected chi connectivity index (χ3v) is 4.91. The molecule has 9 nitrogen and oxygen atoms in total. The van der Waals surface area contributed by atoms with Crippen molar-refractivity contribution in [1.29, 1.82) is 0 Å². The number of esters is 1. The highest BCUT2D eigenvalue weighted by atomic mass is 16.5. The van der Waals surface area contributed by atoms with Gasteiger partial charge in [-0.05, 0) is 44.2 Å². The Hall–Kier alpha value is -4.14. The lowest BCUT2D eigenvalue weighted by atomic mass is 10.2. The van der Waals surface area contributed by atoms with Crippen LogP contribution in [-0.2, 0) is 20.9 Å². The highest BCUT2D eigenvalue weighted by Crippen LogP contribution is 2.19. The molecule has 1 heterocycles. The van der Waals surface area contributed by atoms with Crippen molar-refractivity contribution in [2.45, 2.75) is 26.9 Å². The summed E-state index contributed by atoms with van der Waals surface area (Å²) in [6, 6.07) is 15.2. The van der Waals surface area contributed by atoms with Crippen LogP contribution in [0.1, 0.15) is 33.8 Å². The standard InChI is InChI=1S/C24H25N3O6/c1-16-21(17(2)33-26-16)14-31-20-10-6-7-18(13-20)24(30)32-15-23(29)27(12-11-22(25)28)19-8-4-3-5-9-19/h3-10,13H,11-12,14-15H2,1-2H3,(H2,25,28). The molecule has 2 aromatic carbocycles. The average molecular weight is 451 g/mol. The molecule has 2 N–H and O–H groups in total. The zero-order chi connectivity index (χ0) is 23.8. The number of hydrogen-bond donors (Lipinski definition) is 1. The molecule has 0 saturated heterocycles. The van der Waals surface area contributed by atoms with Crippen LogP contribution in [0.5, 0.6) is 5.75 Å². The van der Waals surface area contributed by atoms with Gasteiger partial charge in [0.05, 0.1) is 16.8 Å². The van der Waals surface area contributed by atoms with E-state index in [9.17, 15) is 14.4 Å². The lowest BCUT2D eigenvalue weighted by Crippen LogP contribution is -2.37. The highest BCUT2D eigenvalue weighted by Gasteiger charge is 2.19. The second-order valence-corrected chi connectivity index (χ2v) is 7.29. The molecule has 2 amide bonds. The normalized spacial score (nSPS) is 10.5. The van der Waals surface area contributed by atoms with E-state index in [0.717, 1.165) is 11.3 Å².